The van der Waals surface area contributed by atoms with Crippen LogP contribution in [0.3, 0.4) is 0 Å². The summed E-state index contributed by atoms with van der Waals surface area (Å²) in [6, 6.07) is 0. The molecule has 0 radical (unpaired) electrons. The Morgan fingerprint density at radius 1 is 1.23 bits per heavy atom. The third-order valence-electron chi connectivity index (χ3n) is 2.51. The fraction of sp³-hybridized carbons (Fsp3) is 0.846. The zero-order valence-electron chi connectivity index (χ0n) is 10.9. The molecular formula is C13H28. The first kappa shape index (κ1) is 15.2. The van der Waals surface area contributed by atoms with Crippen LogP contribution in [0, 0.1) is 11.3 Å². The molecule has 13 heavy (non-hydrogen) atoms. The standard InChI is InChI=1S/C11H22.C2H6/c1-7-8-9(2)10(3)11(4,5)6;1-2/h8,10H,7H2,1-6H3;1-2H3/b9-8+;. The van der Waals surface area contributed by atoms with E-state index in [1.54, 1.807) is 0 Å². The van der Waals surface area contributed by atoms with Gasteiger partial charge < -0.3 is 0 Å². The summed E-state index contributed by atoms with van der Waals surface area (Å²) in [6.45, 7) is 17.6. The van der Waals surface area contributed by atoms with Crippen LogP contribution in [0.2, 0.25) is 0 Å². The first-order chi connectivity index (χ1) is 5.89. The number of hydrogen-bond acceptors (Lipinski definition) is 0. The Labute approximate surface area is 85.4 Å². The van der Waals surface area contributed by atoms with E-state index in [1.807, 2.05) is 13.8 Å². The largest absolute Gasteiger partial charge is 0.0856 e. The lowest BCUT2D eigenvalue weighted by Crippen LogP contribution is -2.18. The normalized spacial score (nSPS) is 14.6. The monoisotopic (exact) mass is 184 g/mol. The molecule has 0 fully saturated rings. The van der Waals surface area contributed by atoms with Gasteiger partial charge in [0.15, 0.2) is 0 Å². The highest BCUT2D eigenvalue weighted by molar-refractivity contribution is 5.04. The Balaban J connectivity index is 0. The molecular weight excluding hydrogens is 156 g/mol. The molecule has 0 aromatic heterocycles. The lowest BCUT2D eigenvalue weighted by atomic mass is 9.78. The minimum Gasteiger partial charge on any atom is -0.0856 e. The molecule has 0 N–H and O–H groups in total. The van der Waals surface area contributed by atoms with Crippen molar-refractivity contribution in [1.29, 1.82) is 0 Å². The molecule has 0 heterocycles. The van der Waals surface area contributed by atoms with Gasteiger partial charge in [0, 0.05) is 0 Å². The first-order valence-electron chi connectivity index (χ1n) is 5.56. The summed E-state index contributed by atoms with van der Waals surface area (Å²) in [5.41, 5.74) is 1.94. The molecule has 0 saturated heterocycles. The van der Waals surface area contributed by atoms with Crippen molar-refractivity contribution in [3.8, 4) is 0 Å². The van der Waals surface area contributed by atoms with E-state index >= 15 is 0 Å². The van der Waals surface area contributed by atoms with E-state index in [2.05, 4.69) is 47.6 Å². The highest BCUT2D eigenvalue weighted by Gasteiger charge is 2.20. The molecule has 0 aliphatic carbocycles. The molecule has 0 aliphatic rings. The predicted octanol–water partition coefficient (Wildman–Crippen LogP) is 5.05. The summed E-state index contributed by atoms with van der Waals surface area (Å²) in [7, 11) is 0. The van der Waals surface area contributed by atoms with Gasteiger partial charge in [0.1, 0.15) is 0 Å². The summed E-state index contributed by atoms with van der Waals surface area (Å²) in [4.78, 5) is 0. The zero-order valence-corrected chi connectivity index (χ0v) is 10.9. The van der Waals surface area contributed by atoms with E-state index in [0.29, 0.717) is 11.3 Å². The summed E-state index contributed by atoms with van der Waals surface area (Å²) in [6.07, 6.45) is 3.49. The molecule has 0 aliphatic heterocycles. The second-order valence-electron chi connectivity index (χ2n) is 4.44. The molecule has 1 unspecified atom stereocenters. The Morgan fingerprint density at radius 2 is 1.62 bits per heavy atom. The van der Waals surface area contributed by atoms with Crippen molar-refractivity contribution in [3.63, 3.8) is 0 Å². The van der Waals surface area contributed by atoms with Crippen LogP contribution in [0.1, 0.15) is 61.8 Å². The molecule has 0 rings (SSSR count). The average Bonchev–Trinajstić information content (AvgIpc) is 2.05. The molecule has 1 atom stereocenters. The summed E-state index contributed by atoms with van der Waals surface area (Å²) in [5, 5.41) is 0. The van der Waals surface area contributed by atoms with Gasteiger partial charge in [0.05, 0.1) is 0 Å². The van der Waals surface area contributed by atoms with E-state index in [1.165, 1.54) is 5.57 Å². The van der Waals surface area contributed by atoms with Gasteiger partial charge in [0.25, 0.3) is 0 Å². The average molecular weight is 184 g/mol. The van der Waals surface area contributed by atoms with Gasteiger partial charge in [-0.2, -0.15) is 0 Å². The van der Waals surface area contributed by atoms with E-state index in [0.717, 1.165) is 6.42 Å². The van der Waals surface area contributed by atoms with Gasteiger partial charge in [-0.15, -0.1) is 0 Å². The predicted molar refractivity (Wildman–Crippen MR) is 64.0 cm³/mol. The molecule has 0 saturated carbocycles. The maximum atomic E-state index is 2.33. The zero-order chi connectivity index (χ0) is 11.1. The Kier molecular flexibility index (Phi) is 8.40. The Morgan fingerprint density at radius 3 is 1.85 bits per heavy atom. The summed E-state index contributed by atoms with van der Waals surface area (Å²) < 4.78 is 0. The number of hydrogen-bond donors (Lipinski definition) is 0. The summed E-state index contributed by atoms with van der Waals surface area (Å²) in [5.74, 6) is 0.697. The maximum Gasteiger partial charge on any atom is -0.0186 e. The van der Waals surface area contributed by atoms with Crippen LogP contribution in [0.5, 0.6) is 0 Å². The van der Waals surface area contributed by atoms with E-state index in [9.17, 15) is 0 Å². The molecule has 0 heteroatoms. The minimum atomic E-state index is 0.412. The smallest absolute Gasteiger partial charge is 0.0186 e. The topological polar surface area (TPSA) is 0 Å². The first-order valence-corrected chi connectivity index (χ1v) is 5.56. The lowest BCUT2D eigenvalue weighted by molar-refractivity contribution is 0.300. The van der Waals surface area contributed by atoms with Crippen molar-refractivity contribution in [3.05, 3.63) is 11.6 Å². The molecule has 0 aromatic carbocycles. The summed E-state index contributed by atoms with van der Waals surface area (Å²) >= 11 is 0. The van der Waals surface area contributed by atoms with Gasteiger partial charge >= 0.3 is 0 Å². The number of rotatable bonds is 2. The fourth-order valence-electron chi connectivity index (χ4n) is 1.18. The maximum absolute atomic E-state index is 2.33. The van der Waals surface area contributed by atoms with Crippen molar-refractivity contribution in [2.24, 2.45) is 11.3 Å². The van der Waals surface area contributed by atoms with Gasteiger partial charge in [0.2, 0.25) is 0 Å². The van der Waals surface area contributed by atoms with E-state index < -0.39 is 0 Å². The molecule has 0 spiro atoms. The van der Waals surface area contributed by atoms with Crippen LogP contribution < -0.4 is 0 Å². The molecule has 0 nitrogen and oxygen atoms in total. The highest BCUT2D eigenvalue weighted by atomic mass is 14.3. The third kappa shape index (κ3) is 6.86. The highest BCUT2D eigenvalue weighted by Crippen LogP contribution is 2.31. The van der Waals surface area contributed by atoms with Crippen LogP contribution in [0.15, 0.2) is 11.6 Å². The SMILES string of the molecule is CC.CC/C=C(\C)C(C)C(C)(C)C. The van der Waals surface area contributed by atoms with E-state index in [4.69, 9.17) is 0 Å². The van der Waals surface area contributed by atoms with Crippen LogP contribution in [-0.2, 0) is 0 Å². The van der Waals surface area contributed by atoms with Gasteiger partial charge in [-0.3, -0.25) is 0 Å². The van der Waals surface area contributed by atoms with Gasteiger partial charge in [-0.05, 0) is 24.7 Å². The van der Waals surface area contributed by atoms with Gasteiger partial charge in [-0.1, -0.05) is 60.1 Å². The Hall–Kier alpha value is -0.260. The van der Waals surface area contributed by atoms with Crippen LogP contribution in [0.4, 0.5) is 0 Å². The van der Waals surface area contributed by atoms with Gasteiger partial charge in [-0.25, -0.2) is 0 Å². The van der Waals surface area contributed by atoms with Crippen LogP contribution in [-0.4, -0.2) is 0 Å². The van der Waals surface area contributed by atoms with Crippen LogP contribution >= 0.6 is 0 Å². The molecule has 80 valence electrons. The third-order valence-corrected chi connectivity index (χ3v) is 2.51. The molecule has 0 amide bonds. The second kappa shape index (κ2) is 7.17. The number of allylic oxidation sites excluding steroid dienone is 2. The van der Waals surface area contributed by atoms with Crippen molar-refractivity contribution >= 4 is 0 Å². The van der Waals surface area contributed by atoms with Crippen molar-refractivity contribution in [1.82, 2.24) is 0 Å². The lowest BCUT2D eigenvalue weighted by Gasteiger charge is -2.28. The molecule has 0 aromatic rings. The van der Waals surface area contributed by atoms with Crippen molar-refractivity contribution in [2.75, 3.05) is 0 Å². The Bertz CT molecular complexity index is 135. The van der Waals surface area contributed by atoms with Crippen LogP contribution in [0.25, 0.3) is 0 Å². The van der Waals surface area contributed by atoms with Crippen molar-refractivity contribution in [2.45, 2.75) is 61.8 Å². The quantitative estimate of drug-likeness (QED) is 0.527. The van der Waals surface area contributed by atoms with Crippen molar-refractivity contribution < 1.29 is 0 Å². The van der Waals surface area contributed by atoms with E-state index in [-0.39, 0.29) is 0 Å². The minimum absolute atomic E-state index is 0.412. The fourth-order valence-corrected chi connectivity index (χ4v) is 1.18. The second-order valence-corrected chi connectivity index (χ2v) is 4.44. The molecule has 0 bridgehead atoms.